The van der Waals surface area contributed by atoms with Crippen LogP contribution in [-0.2, 0) is 0 Å². The maximum absolute atomic E-state index is 6.17. The smallest absolute Gasteiger partial charge is 0.227 e. The number of nitrogens with one attached hydrogen (secondary N) is 1. The quantitative estimate of drug-likeness (QED) is 0.711. The van der Waals surface area contributed by atoms with Crippen molar-refractivity contribution in [2.45, 2.75) is 20.8 Å². The Labute approximate surface area is 142 Å². The second kappa shape index (κ2) is 6.81. The second-order valence-electron chi connectivity index (χ2n) is 4.38. The summed E-state index contributed by atoms with van der Waals surface area (Å²) in [6.07, 6.45) is 0. The molecule has 1 heterocycles. The van der Waals surface area contributed by atoms with Crippen LogP contribution in [0.4, 0.5) is 5.82 Å². The molecular weight excluding hydrogens is 377 g/mol. The summed E-state index contributed by atoms with van der Waals surface area (Å²) in [7, 11) is 0. The molecule has 2 rings (SSSR count). The van der Waals surface area contributed by atoms with Gasteiger partial charge in [0.1, 0.15) is 17.4 Å². The predicted octanol–water partition coefficient (Wildman–Crippen LogP) is 5.39. The van der Waals surface area contributed by atoms with Gasteiger partial charge in [-0.05, 0) is 42.8 Å². The summed E-state index contributed by atoms with van der Waals surface area (Å²) in [5.74, 6) is 2.28. The summed E-state index contributed by atoms with van der Waals surface area (Å²) in [6, 6.07) is 3.34. The Balaban J connectivity index is 2.42. The van der Waals surface area contributed by atoms with E-state index in [0.717, 1.165) is 17.9 Å². The van der Waals surface area contributed by atoms with Crippen molar-refractivity contribution in [2.75, 3.05) is 11.9 Å². The summed E-state index contributed by atoms with van der Waals surface area (Å²) < 4.78 is 6.53. The fourth-order valence-corrected chi connectivity index (χ4v) is 2.56. The third kappa shape index (κ3) is 3.78. The van der Waals surface area contributed by atoms with Gasteiger partial charge in [-0.25, -0.2) is 4.98 Å². The van der Waals surface area contributed by atoms with Crippen LogP contribution in [0.1, 0.15) is 18.3 Å². The van der Waals surface area contributed by atoms with Gasteiger partial charge in [0.05, 0.1) is 15.6 Å². The van der Waals surface area contributed by atoms with Crippen LogP contribution < -0.4 is 10.1 Å². The Hall–Kier alpha value is -1.04. The van der Waals surface area contributed by atoms with Crippen LogP contribution >= 0.6 is 39.1 Å². The van der Waals surface area contributed by atoms with E-state index in [4.69, 9.17) is 27.9 Å². The van der Waals surface area contributed by atoms with Crippen LogP contribution in [0.15, 0.2) is 16.6 Å². The third-order valence-corrected chi connectivity index (χ3v) is 4.23. The van der Waals surface area contributed by atoms with Gasteiger partial charge in [0.15, 0.2) is 0 Å². The van der Waals surface area contributed by atoms with Crippen molar-refractivity contribution in [2.24, 2.45) is 0 Å². The first-order valence-electron chi connectivity index (χ1n) is 6.33. The maximum Gasteiger partial charge on any atom is 0.227 e. The molecule has 0 saturated heterocycles. The van der Waals surface area contributed by atoms with E-state index in [1.807, 2.05) is 20.8 Å². The Morgan fingerprint density at radius 1 is 1.19 bits per heavy atom. The number of hydrogen-bond acceptors (Lipinski definition) is 4. The highest BCUT2D eigenvalue weighted by atomic mass is 79.9. The molecule has 21 heavy (non-hydrogen) atoms. The van der Waals surface area contributed by atoms with Crippen molar-refractivity contribution in [3.8, 4) is 11.6 Å². The van der Waals surface area contributed by atoms with Crippen LogP contribution in [0, 0.1) is 13.8 Å². The molecule has 0 aliphatic rings. The first-order chi connectivity index (χ1) is 9.92. The zero-order valence-corrected chi connectivity index (χ0v) is 14.9. The lowest BCUT2D eigenvalue weighted by atomic mass is 10.3. The predicted molar refractivity (Wildman–Crippen MR) is 89.9 cm³/mol. The number of benzene rings is 1. The lowest BCUT2D eigenvalue weighted by Gasteiger charge is -2.13. The normalized spacial score (nSPS) is 10.6. The van der Waals surface area contributed by atoms with Crippen LogP contribution in [0.5, 0.6) is 11.6 Å². The SMILES string of the molecule is CCNc1nc(C)nc(Oc2cc(Cl)c(Br)cc2Cl)c1C. The molecule has 1 N–H and O–H groups in total. The van der Waals surface area contributed by atoms with Gasteiger partial charge in [-0.1, -0.05) is 23.2 Å². The monoisotopic (exact) mass is 389 g/mol. The third-order valence-electron chi connectivity index (χ3n) is 2.74. The summed E-state index contributed by atoms with van der Waals surface area (Å²) >= 11 is 15.6. The minimum atomic E-state index is 0.451. The lowest BCUT2D eigenvalue weighted by molar-refractivity contribution is 0.456. The Bertz CT molecular complexity index is 680. The van der Waals surface area contributed by atoms with Gasteiger partial charge in [-0.3, -0.25) is 0 Å². The first-order valence-corrected chi connectivity index (χ1v) is 7.88. The molecular formula is C14H14BrCl2N3O. The van der Waals surface area contributed by atoms with Gasteiger partial charge in [-0.15, -0.1) is 0 Å². The molecule has 7 heteroatoms. The van der Waals surface area contributed by atoms with E-state index in [0.29, 0.717) is 32.0 Å². The number of anilines is 1. The fraction of sp³-hybridized carbons (Fsp3) is 0.286. The molecule has 0 radical (unpaired) electrons. The van der Waals surface area contributed by atoms with Crippen molar-refractivity contribution < 1.29 is 4.74 Å². The van der Waals surface area contributed by atoms with E-state index in [1.54, 1.807) is 12.1 Å². The number of hydrogen-bond donors (Lipinski definition) is 1. The summed E-state index contributed by atoms with van der Waals surface area (Å²) in [4.78, 5) is 8.67. The maximum atomic E-state index is 6.17. The average molecular weight is 391 g/mol. The van der Waals surface area contributed by atoms with E-state index in [1.165, 1.54) is 0 Å². The highest BCUT2D eigenvalue weighted by Gasteiger charge is 2.14. The number of ether oxygens (including phenoxy) is 1. The zero-order chi connectivity index (χ0) is 15.6. The van der Waals surface area contributed by atoms with E-state index in [9.17, 15) is 0 Å². The Morgan fingerprint density at radius 3 is 2.57 bits per heavy atom. The second-order valence-corrected chi connectivity index (χ2v) is 6.05. The molecule has 0 saturated carbocycles. The van der Waals surface area contributed by atoms with Crippen LogP contribution in [0.25, 0.3) is 0 Å². The van der Waals surface area contributed by atoms with E-state index in [2.05, 4.69) is 31.2 Å². The number of rotatable bonds is 4. The highest BCUT2D eigenvalue weighted by Crippen LogP contribution is 2.37. The summed E-state index contributed by atoms with van der Waals surface area (Å²) in [6.45, 7) is 6.47. The molecule has 0 aliphatic heterocycles. The van der Waals surface area contributed by atoms with E-state index in [-0.39, 0.29) is 0 Å². The van der Waals surface area contributed by atoms with Gasteiger partial charge in [0.25, 0.3) is 0 Å². The molecule has 0 aliphatic carbocycles. The molecule has 0 atom stereocenters. The summed E-state index contributed by atoms with van der Waals surface area (Å²) in [5, 5.41) is 4.15. The number of halogens is 3. The molecule has 0 bridgehead atoms. The first kappa shape index (κ1) is 16.3. The highest BCUT2D eigenvalue weighted by molar-refractivity contribution is 9.10. The molecule has 0 unspecified atom stereocenters. The van der Waals surface area contributed by atoms with Crippen molar-refractivity contribution in [1.82, 2.24) is 9.97 Å². The van der Waals surface area contributed by atoms with E-state index >= 15 is 0 Å². The molecule has 1 aromatic carbocycles. The molecule has 0 amide bonds. The summed E-state index contributed by atoms with van der Waals surface area (Å²) in [5.41, 5.74) is 0.817. The standard InChI is InChI=1S/C14H14BrCl2N3O/c1-4-18-13-7(2)14(20-8(3)19-13)21-12-6-10(16)9(15)5-11(12)17/h5-6H,4H2,1-3H3,(H,18,19,20). The Kier molecular flexibility index (Phi) is 5.30. The topological polar surface area (TPSA) is 47.0 Å². The molecule has 0 fully saturated rings. The number of nitrogens with zero attached hydrogens (tertiary/aromatic N) is 2. The molecule has 4 nitrogen and oxygen atoms in total. The minimum absolute atomic E-state index is 0.451. The Morgan fingerprint density at radius 2 is 1.90 bits per heavy atom. The zero-order valence-electron chi connectivity index (χ0n) is 11.8. The average Bonchev–Trinajstić information content (AvgIpc) is 2.41. The van der Waals surface area contributed by atoms with Crippen LogP contribution in [0.2, 0.25) is 10.0 Å². The van der Waals surface area contributed by atoms with Crippen LogP contribution in [0.3, 0.4) is 0 Å². The van der Waals surface area contributed by atoms with Crippen molar-refractivity contribution >= 4 is 44.9 Å². The lowest BCUT2D eigenvalue weighted by Crippen LogP contribution is -2.06. The van der Waals surface area contributed by atoms with Gasteiger partial charge in [-0.2, -0.15) is 4.98 Å². The molecule has 0 spiro atoms. The van der Waals surface area contributed by atoms with E-state index < -0.39 is 0 Å². The van der Waals surface area contributed by atoms with Gasteiger partial charge >= 0.3 is 0 Å². The molecule has 2 aromatic rings. The van der Waals surface area contributed by atoms with Crippen molar-refractivity contribution in [3.63, 3.8) is 0 Å². The van der Waals surface area contributed by atoms with Gasteiger partial charge in [0, 0.05) is 17.1 Å². The van der Waals surface area contributed by atoms with Gasteiger partial charge < -0.3 is 10.1 Å². The molecule has 1 aromatic heterocycles. The fourth-order valence-electron chi connectivity index (χ4n) is 1.73. The molecule has 112 valence electrons. The van der Waals surface area contributed by atoms with Crippen LogP contribution in [-0.4, -0.2) is 16.5 Å². The largest absolute Gasteiger partial charge is 0.437 e. The minimum Gasteiger partial charge on any atom is -0.437 e. The van der Waals surface area contributed by atoms with Gasteiger partial charge in [0.2, 0.25) is 5.88 Å². The number of aryl methyl sites for hydroxylation is 1. The number of aromatic nitrogens is 2. The van der Waals surface area contributed by atoms with Crippen molar-refractivity contribution in [3.05, 3.63) is 38.0 Å². The van der Waals surface area contributed by atoms with Crippen molar-refractivity contribution in [1.29, 1.82) is 0 Å².